The summed E-state index contributed by atoms with van der Waals surface area (Å²) in [5.74, 6) is 0.325. The van der Waals surface area contributed by atoms with Crippen molar-refractivity contribution in [3.05, 3.63) is 30.1 Å². The Kier molecular flexibility index (Phi) is 3.71. The molecule has 0 saturated heterocycles. The van der Waals surface area contributed by atoms with Gasteiger partial charge in [0.25, 0.3) is 0 Å². The molecule has 2 atom stereocenters. The van der Waals surface area contributed by atoms with Crippen LogP contribution in [0.1, 0.15) is 18.1 Å². The van der Waals surface area contributed by atoms with E-state index in [4.69, 9.17) is 10.8 Å². The minimum absolute atomic E-state index is 0.111. The molecule has 6 heteroatoms. The Balaban J connectivity index is 2.37. The molecular weight excluding hydrogens is 234 g/mol. The fraction of sp³-hybridized carbons (Fsp3) is 0.333. The van der Waals surface area contributed by atoms with Crippen molar-refractivity contribution in [1.29, 1.82) is 0 Å². The van der Waals surface area contributed by atoms with Crippen LogP contribution in [0.25, 0.3) is 10.9 Å². The topological polar surface area (TPSA) is 112 Å². The third-order valence-corrected chi connectivity index (χ3v) is 2.82. The van der Waals surface area contributed by atoms with Crippen LogP contribution < -0.4 is 5.73 Å². The fourth-order valence-electron chi connectivity index (χ4n) is 1.79. The van der Waals surface area contributed by atoms with Gasteiger partial charge in [0.15, 0.2) is 0 Å². The van der Waals surface area contributed by atoms with Gasteiger partial charge in [0.05, 0.1) is 11.6 Å². The maximum Gasteiger partial charge on any atom is 0.134 e. The van der Waals surface area contributed by atoms with Crippen LogP contribution >= 0.6 is 0 Å². The molecule has 0 aliphatic heterocycles. The number of nitrogen functional groups attached to an aromatic ring is 1. The molecule has 6 nitrogen and oxygen atoms in total. The minimum Gasteiger partial charge on any atom is -0.396 e. The van der Waals surface area contributed by atoms with E-state index in [1.807, 2.05) is 0 Å². The van der Waals surface area contributed by atoms with Gasteiger partial charge in [0.2, 0.25) is 0 Å². The summed E-state index contributed by atoms with van der Waals surface area (Å²) in [6.45, 7) is -0.183. The van der Waals surface area contributed by atoms with Gasteiger partial charge in [-0.05, 0) is 24.1 Å². The zero-order valence-electron chi connectivity index (χ0n) is 9.69. The van der Waals surface area contributed by atoms with E-state index >= 15 is 0 Å². The molecule has 0 aliphatic rings. The first kappa shape index (κ1) is 12.7. The van der Waals surface area contributed by atoms with Gasteiger partial charge in [0.1, 0.15) is 18.2 Å². The second-order valence-corrected chi connectivity index (χ2v) is 4.06. The molecule has 0 aliphatic carbocycles. The SMILES string of the molecule is Nc1ncnc2ccc(C(O)C(O)CCO)cc12. The number of nitrogens with zero attached hydrogens (tertiary/aromatic N) is 2. The van der Waals surface area contributed by atoms with Crippen LogP contribution in [-0.2, 0) is 0 Å². The molecule has 0 saturated carbocycles. The van der Waals surface area contributed by atoms with Crippen LogP contribution in [0.4, 0.5) is 5.82 Å². The second-order valence-electron chi connectivity index (χ2n) is 4.06. The summed E-state index contributed by atoms with van der Waals surface area (Å²) in [5.41, 5.74) is 6.92. The number of benzene rings is 1. The lowest BCUT2D eigenvalue weighted by atomic mass is 10.0. The predicted molar refractivity (Wildman–Crippen MR) is 66.6 cm³/mol. The maximum atomic E-state index is 9.93. The molecule has 0 fully saturated rings. The van der Waals surface area contributed by atoms with E-state index in [1.165, 1.54) is 6.33 Å². The van der Waals surface area contributed by atoms with E-state index in [9.17, 15) is 10.2 Å². The van der Waals surface area contributed by atoms with E-state index in [1.54, 1.807) is 18.2 Å². The lowest BCUT2D eigenvalue weighted by molar-refractivity contribution is 0.00429. The van der Waals surface area contributed by atoms with Crippen molar-refractivity contribution in [2.24, 2.45) is 0 Å². The number of aromatic nitrogens is 2. The van der Waals surface area contributed by atoms with Crippen LogP contribution in [0, 0.1) is 0 Å². The Morgan fingerprint density at radius 2 is 2.00 bits per heavy atom. The Morgan fingerprint density at radius 1 is 1.22 bits per heavy atom. The van der Waals surface area contributed by atoms with E-state index in [2.05, 4.69) is 9.97 Å². The number of hydrogen-bond acceptors (Lipinski definition) is 6. The molecule has 5 N–H and O–H groups in total. The predicted octanol–water partition coefficient (Wildman–Crippen LogP) is -0.0113. The summed E-state index contributed by atoms with van der Waals surface area (Å²) in [6, 6.07) is 5.02. The zero-order chi connectivity index (χ0) is 13.1. The molecule has 0 bridgehead atoms. The monoisotopic (exact) mass is 249 g/mol. The largest absolute Gasteiger partial charge is 0.396 e. The molecular formula is C12H15N3O3. The van der Waals surface area contributed by atoms with Crippen molar-refractivity contribution in [2.75, 3.05) is 12.3 Å². The summed E-state index contributed by atoms with van der Waals surface area (Å²) in [4.78, 5) is 7.92. The number of rotatable bonds is 4. The number of fused-ring (bicyclic) bond motifs is 1. The summed E-state index contributed by atoms with van der Waals surface area (Å²) in [7, 11) is 0. The van der Waals surface area contributed by atoms with Crippen LogP contribution in [0.3, 0.4) is 0 Å². The number of aliphatic hydroxyl groups excluding tert-OH is 3. The average Bonchev–Trinajstić information content (AvgIpc) is 2.38. The second kappa shape index (κ2) is 5.26. The highest BCUT2D eigenvalue weighted by Gasteiger charge is 2.18. The highest BCUT2D eigenvalue weighted by molar-refractivity contribution is 5.88. The van der Waals surface area contributed by atoms with Gasteiger partial charge in [0, 0.05) is 12.0 Å². The smallest absolute Gasteiger partial charge is 0.134 e. The Hall–Kier alpha value is -1.76. The van der Waals surface area contributed by atoms with Gasteiger partial charge in [-0.1, -0.05) is 6.07 Å². The lowest BCUT2D eigenvalue weighted by Crippen LogP contribution is -2.19. The Bertz CT molecular complexity index is 547. The zero-order valence-corrected chi connectivity index (χ0v) is 9.69. The molecule has 0 radical (unpaired) electrons. The quantitative estimate of drug-likeness (QED) is 0.606. The first-order valence-corrected chi connectivity index (χ1v) is 5.60. The fourth-order valence-corrected chi connectivity index (χ4v) is 1.79. The maximum absolute atomic E-state index is 9.93. The Morgan fingerprint density at radius 3 is 2.72 bits per heavy atom. The first-order chi connectivity index (χ1) is 8.63. The van der Waals surface area contributed by atoms with E-state index in [-0.39, 0.29) is 13.0 Å². The third kappa shape index (κ3) is 2.40. The van der Waals surface area contributed by atoms with Gasteiger partial charge in [-0.15, -0.1) is 0 Å². The summed E-state index contributed by atoms with van der Waals surface area (Å²) >= 11 is 0. The summed E-state index contributed by atoms with van der Waals surface area (Å²) in [5, 5.41) is 28.9. The third-order valence-electron chi connectivity index (χ3n) is 2.82. The van der Waals surface area contributed by atoms with E-state index in [0.29, 0.717) is 22.3 Å². The lowest BCUT2D eigenvalue weighted by Gasteiger charge is -2.17. The first-order valence-electron chi connectivity index (χ1n) is 5.60. The van der Waals surface area contributed by atoms with Gasteiger partial charge in [-0.25, -0.2) is 9.97 Å². The standard InChI is InChI=1S/C12H15N3O3/c13-12-8-5-7(11(18)10(17)3-4-16)1-2-9(8)14-6-15-12/h1-2,5-6,10-11,16-18H,3-4H2,(H2,13,14,15). The normalized spacial score (nSPS) is 14.6. The van der Waals surface area contributed by atoms with Crippen molar-refractivity contribution in [2.45, 2.75) is 18.6 Å². The molecule has 96 valence electrons. The van der Waals surface area contributed by atoms with E-state index < -0.39 is 12.2 Å². The average molecular weight is 249 g/mol. The number of aliphatic hydroxyl groups is 3. The number of anilines is 1. The van der Waals surface area contributed by atoms with Gasteiger partial charge in [-0.3, -0.25) is 0 Å². The highest BCUT2D eigenvalue weighted by atomic mass is 16.3. The molecule has 0 amide bonds. The minimum atomic E-state index is -1.07. The van der Waals surface area contributed by atoms with Crippen molar-refractivity contribution >= 4 is 16.7 Å². The van der Waals surface area contributed by atoms with Crippen molar-refractivity contribution in [1.82, 2.24) is 9.97 Å². The molecule has 2 aromatic rings. The highest BCUT2D eigenvalue weighted by Crippen LogP contribution is 2.24. The van der Waals surface area contributed by atoms with Crippen molar-refractivity contribution < 1.29 is 15.3 Å². The van der Waals surface area contributed by atoms with Crippen LogP contribution in [0.5, 0.6) is 0 Å². The van der Waals surface area contributed by atoms with Gasteiger partial charge in [-0.2, -0.15) is 0 Å². The van der Waals surface area contributed by atoms with Gasteiger partial charge < -0.3 is 21.1 Å². The van der Waals surface area contributed by atoms with E-state index in [0.717, 1.165) is 0 Å². The molecule has 2 rings (SSSR count). The molecule has 2 unspecified atom stereocenters. The molecule has 1 aromatic carbocycles. The summed E-state index contributed by atoms with van der Waals surface area (Å²) in [6.07, 6.45) is -0.603. The number of hydrogen-bond donors (Lipinski definition) is 4. The molecule has 1 heterocycles. The van der Waals surface area contributed by atoms with Crippen molar-refractivity contribution in [3.8, 4) is 0 Å². The van der Waals surface area contributed by atoms with Crippen molar-refractivity contribution in [3.63, 3.8) is 0 Å². The van der Waals surface area contributed by atoms with Crippen LogP contribution in [0.2, 0.25) is 0 Å². The Labute approximate surface area is 104 Å². The van der Waals surface area contributed by atoms with Crippen LogP contribution in [0.15, 0.2) is 24.5 Å². The summed E-state index contributed by atoms with van der Waals surface area (Å²) < 4.78 is 0. The number of nitrogens with two attached hydrogens (primary N) is 1. The molecule has 0 spiro atoms. The van der Waals surface area contributed by atoms with Crippen LogP contribution in [-0.4, -0.2) is 38.0 Å². The van der Waals surface area contributed by atoms with Gasteiger partial charge >= 0.3 is 0 Å². The molecule has 1 aromatic heterocycles. The molecule has 18 heavy (non-hydrogen) atoms.